The van der Waals surface area contributed by atoms with E-state index in [4.69, 9.17) is 5.73 Å². The summed E-state index contributed by atoms with van der Waals surface area (Å²) < 4.78 is 0. The first kappa shape index (κ1) is 34.0. The molecule has 1 aliphatic carbocycles. The van der Waals surface area contributed by atoms with Crippen LogP contribution < -0.4 is 10.6 Å². The quantitative estimate of drug-likeness (QED) is 0.104. The zero-order valence-electron chi connectivity index (χ0n) is 29.4. The molecule has 0 heterocycles. The molecule has 0 aliphatic heterocycles. The van der Waals surface area contributed by atoms with Crippen LogP contribution in [0.2, 0.25) is 0 Å². The average molecular weight is 674 g/mol. The minimum absolute atomic E-state index is 0.595. The zero-order valence-corrected chi connectivity index (χ0v) is 29.4. The van der Waals surface area contributed by atoms with Gasteiger partial charge in [0.25, 0.3) is 0 Å². The second kappa shape index (κ2) is 16.5. The number of nitrogens with two attached hydrogens (primary N) is 1. The van der Waals surface area contributed by atoms with Gasteiger partial charge in [-0.2, -0.15) is 0 Å². The summed E-state index contributed by atoms with van der Waals surface area (Å²) in [6.07, 6.45) is 13.0. The van der Waals surface area contributed by atoms with Crippen LogP contribution in [0.15, 0.2) is 205 Å². The van der Waals surface area contributed by atoms with Crippen LogP contribution in [0.25, 0.3) is 39.0 Å². The minimum atomic E-state index is 0.595. The number of allylic oxidation sites excluding steroid dienone is 6. The third-order valence-corrected chi connectivity index (χ3v) is 9.58. The first-order valence-corrected chi connectivity index (χ1v) is 17.9. The van der Waals surface area contributed by atoms with Crippen molar-refractivity contribution < 1.29 is 0 Å². The molecule has 0 radical (unpaired) electrons. The lowest BCUT2D eigenvalue weighted by atomic mass is 9.92. The van der Waals surface area contributed by atoms with E-state index >= 15 is 0 Å². The summed E-state index contributed by atoms with van der Waals surface area (Å²) in [5.74, 6) is 0. The smallest absolute Gasteiger partial charge is 0.0677 e. The van der Waals surface area contributed by atoms with Gasteiger partial charge in [0.1, 0.15) is 0 Å². The van der Waals surface area contributed by atoms with E-state index in [1.54, 1.807) is 6.20 Å². The summed E-state index contributed by atoms with van der Waals surface area (Å²) in [7, 11) is 0. The molecule has 0 aromatic heterocycles. The van der Waals surface area contributed by atoms with Crippen LogP contribution in [0.1, 0.15) is 29.5 Å². The average Bonchev–Trinajstić information content (AvgIpc) is 3.23. The number of nitrogens with zero attached hydrogens (tertiary/aromatic N) is 2. The van der Waals surface area contributed by atoms with Gasteiger partial charge in [-0.3, -0.25) is 4.99 Å². The summed E-state index contributed by atoms with van der Waals surface area (Å²) in [6, 6.07) is 56.2. The van der Waals surface area contributed by atoms with Gasteiger partial charge in [-0.1, -0.05) is 146 Å². The molecular formula is C49H43N3. The molecule has 0 fully saturated rings. The Hall–Kier alpha value is -6.45. The molecule has 0 unspecified atom stereocenters. The number of aliphatic imine (C=N–C) groups is 1. The molecule has 0 bridgehead atoms. The topological polar surface area (TPSA) is 41.6 Å². The van der Waals surface area contributed by atoms with Gasteiger partial charge in [-0.25, -0.2) is 0 Å². The highest BCUT2D eigenvalue weighted by Crippen LogP contribution is 2.34. The highest BCUT2D eigenvalue weighted by molar-refractivity contribution is 5.78. The molecule has 52 heavy (non-hydrogen) atoms. The number of hydrogen-bond donors (Lipinski definition) is 1. The molecule has 2 N–H and O–H groups in total. The van der Waals surface area contributed by atoms with Crippen molar-refractivity contribution in [1.29, 1.82) is 0 Å². The number of rotatable bonds is 12. The van der Waals surface area contributed by atoms with Gasteiger partial charge < -0.3 is 10.6 Å². The Bertz CT molecular complexity index is 2230. The van der Waals surface area contributed by atoms with Crippen molar-refractivity contribution in [3.63, 3.8) is 0 Å². The summed E-state index contributed by atoms with van der Waals surface area (Å²) >= 11 is 0. The SMILES string of the molecule is C=N/C(Cc1ccccc1)=C(/C=C\N)N(Cc1cc(-c2ccc(C3=CC=CCC3)cc2)cc(-c2ccc(-c3ccccc3)cc2)c1)c1ccccc1. The molecule has 0 amide bonds. The van der Waals surface area contributed by atoms with Crippen molar-refractivity contribution >= 4 is 18.0 Å². The summed E-state index contributed by atoms with van der Waals surface area (Å²) in [4.78, 5) is 6.87. The van der Waals surface area contributed by atoms with Gasteiger partial charge in [-0.15, -0.1) is 0 Å². The van der Waals surface area contributed by atoms with Crippen LogP contribution in [-0.2, 0) is 13.0 Å². The Kier molecular flexibility index (Phi) is 10.8. The molecule has 3 nitrogen and oxygen atoms in total. The van der Waals surface area contributed by atoms with Crippen LogP contribution in [0.5, 0.6) is 0 Å². The Morgan fingerprint density at radius 3 is 1.71 bits per heavy atom. The molecule has 0 atom stereocenters. The monoisotopic (exact) mass is 673 g/mol. The van der Waals surface area contributed by atoms with Crippen molar-refractivity contribution in [2.24, 2.45) is 10.7 Å². The van der Waals surface area contributed by atoms with E-state index in [2.05, 4.69) is 180 Å². The Morgan fingerprint density at radius 1 is 0.615 bits per heavy atom. The maximum Gasteiger partial charge on any atom is 0.0677 e. The van der Waals surface area contributed by atoms with Crippen molar-refractivity contribution in [2.75, 3.05) is 4.90 Å². The van der Waals surface area contributed by atoms with Crippen LogP contribution >= 0.6 is 0 Å². The summed E-state index contributed by atoms with van der Waals surface area (Å²) in [5, 5.41) is 0. The first-order valence-electron chi connectivity index (χ1n) is 17.9. The van der Waals surface area contributed by atoms with E-state index in [9.17, 15) is 0 Å². The highest BCUT2D eigenvalue weighted by atomic mass is 15.1. The number of hydrogen-bond acceptors (Lipinski definition) is 3. The lowest BCUT2D eigenvalue weighted by molar-refractivity contribution is 0.902. The van der Waals surface area contributed by atoms with Gasteiger partial charge in [-0.05, 0) is 118 Å². The van der Waals surface area contributed by atoms with E-state index < -0.39 is 0 Å². The Balaban J connectivity index is 1.33. The predicted molar refractivity (Wildman–Crippen MR) is 222 cm³/mol. The zero-order chi connectivity index (χ0) is 35.5. The largest absolute Gasteiger partial charge is 0.405 e. The molecule has 254 valence electrons. The number of anilines is 1. The third kappa shape index (κ3) is 8.12. The van der Waals surface area contributed by atoms with Gasteiger partial charge in [0.05, 0.1) is 11.4 Å². The van der Waals surface area contributed by atoms with E-state index in [0.717, 1.165) is 41.1 Å². The number of benzene rings is 6. The molecule has 0 saturated heterocycles. The molecule has 0 saturated carbocycles. The first-order chi connectivity index (χ1) is 25.7. The molecule has 3 heteroatoms. The van der Waals surface area contributed by atoms with Crippen molar-refractivity contribution in [2.45, 2.75) is 25.8 Å². The normalized spacial score (nSPS) is 13.0. The molecule has 0 spiro atoms. The van der Waals surface area contributed by atoms with Crippen molar-refractivity contribution in [3.8, 4) is 33.4 Å². The van der Waals surface area contributed by atoms with Gasteiger partial charge in [0.2, 0.25) is 0 Å². The lowest BCUT2D eigenvalue weighted by Crippen LogP contribution is -2.23. The minimum Gasteiger partial charge on any atom is -0.405 e. The van der Waals surface area contributed by atoms with Crippen LogP contribution in [0.3, 0.4) is 0 Å². The fraction of sp³-hybridized carbons (Fsp3) is 0.0816. The fourth-order valence-electron chi connectivity index (χ4n) is 6.88. The third-order valence-electron chi connectivity index (χ3n) is 9.58. The second-order valence-corrected chi connectivity index (χ2v) is 13.0. The van der Waals surface area contributed by atoms with Crippen molar-refractivity contribution in [1.82, 2.24) is 0 Å². The van der Waals surface area contributed by atoms with Crippen LogP contribution in [0, 0.1) is 0 Å². The Morgan fingerprint density at radius 2 is 1.15 bits per heavy atom. The highest BCUT2D eigenvalue weighted by Gasteiger charge is 2.18. The van der Waals surface area contributed by atoms with E-state index in [1.807, 2.05) is 18.2 Å². The van der Waals surface area contributed by atoms with Gasteiger partial charge in [0.15, 0.2) is 0 Å². The summed E-state index contributed by atoms with van der Waals surface area (Å²) in [6.45, 7) is 4.60. The number of para-hydroxylation sites is 1. The van der Waals surface area contributed by atoms with Crippen LogP contribution in [0.4, 0.5) is 5.69 Å². The molecule has 6 aromatic rings. The van der Waals surface area contributed by atoms with Gasteiger partial charge >= 0.3 is 0 Å². The molecule has 1 aliphatic rings. The lowest BCUT2D eigenvalue weighted by Gasteiger charge is -2.28. The molecular weight excluding hydrogens is 631 g/mol. The van der Waals surface area contributed by atoms with Crippen LogP contribution in [-0.4, -0.2) is 6.72 Å². The van der Waals surface area contributed by atoms with Gasteiger partial charge in [0, 0.05) is 18.7 Å². The van der Waals surface area contributed by atoms with Crippen molar-refractivity contribution in [3.05, 3.63) is 216 Å². The standard InChI is InChI=1S/C49H43N3/c1-51-48(34-37-14-6-2-7-15-37)49(30-31-50)52(47-20-12-5-13-21-47)36-38-32-45(43-26-22-41(23-27-43)39-16-8-3-9-17-39)35-46(33-38)44-28-24-42(25-29-44)40-18-10-4-11-19-40/h2-10,12-18,20-33,35H,1,11,19,34,36,50H2/b31-30-,49-48-. The molecule has 6 aromatic carbocycles. The maximum atomic E-state index is 6.13. The molecule has 7 rings (SSSR count). The fourth-order valence-corrected chi connectivity index (χ4v) is 6.88. The Labute approximate surface area is 308 Å². The van der Waals surface area contributed by atoms with E-state index in [0.29, 0.717) is 13.0 Å². The maximum absolute atomic E-state index is 6.13. The van der Waals surface area contributed by atoms with E-state index in [1.165, 1.54) is 44.5 Å². The summed E-state index contributed by atoms with van der Waals surface area (Å²) in [5.41, 5.74) is 21.0. The predicted octanol–water partition coefficient (Wildman–Crippen LogP) is 12.1. The second-order valence-electron chi connectivity index (χ2n) is 13.0. The van der Waals surface area contributed by atoms with E-state index in [-0.39, 0.29) is 0 Å².